The molecule has 0 radical (unpaired) electrons. The van der Waals surface area contributed by atoms with Gasteiger partial charge in [-0.25, -0.2) is 0 Å². The Kier molecular flexibility index (Phi) is 5.09. The number of benzene rings is 1. The van der Waals surface area contributed by atoms with Crippen LogP contribution in [0.1, 0.15) is 32.9 Å². The second-order valence-corrected chi connectivity index (χ2v) is 6.53. The molecular formula is C16H24N4O. The van der Waals surface area contributed by atoms with Gasteiger partial charge in [-0.15, -0.1) is 0 Å². The number of rotatable bonds is 6. The molecule has 2 rings (SSSR count). The lowest BCUT2D eigenvalue weighted by atomic mass is 9.89. The van der Waals surface area contributed by atoms with E-state index in [9.17, 15) is 5.11 Å². The molecule has 5 heteroatoms. The second-order valence-electron chi connectivity index (χ2n) is 6.53. The van der Waals surface area contributed by atoms with E-state index in [2.05, 4.69) is 41.5 Å². The lowest BCUT2D eigenvalue weighted by molar-refractivity contribution is 0.119. The summed E-state index contributed by atoms with van der Waals surface area (Å²) >= 11 is 0. The molecule has 3 N–H and O–H groups in total. The van der Waals surface area contributed by atoms with Crippen molar-refractivity contribution in [2.75, 3.05) is 6.54 Å². The highest BCUT2D eigenvalue weighted by Crippen LogP contribution is 2.21. The molecule has 0 fully saturated rings. The minimum absolute atomic E-state index is 0.129. The molecule has 1 atom stereocenters. The fourth-order valence-electron chi connectivity index (χ4n) is 2.34. The highest BCUT2D eigenvalue weighted by atomic mass is 16.3. The molecule has 0 spiro atoms. The quantitative estimate of drug-likeness (QED) is 0.763. The van der Waals surface area contributed by atoms with Crippen LogP contribution >= 0.6 is 0 Å². The molecule has 1 aromatic heterocycles. The van der Waals surface area contributed by atoms with Gasteiger partial charge in [0.1, 0.15) is 11.4 Å². The lowest BCUT2D eigenvalue weighted by Crippen LogP contribution is -2.30. The number of nitrogens with zero attached hydrogens (tertiary/aromatic N) is 2. The molecule has 0 amide bonds. The predicted molar refractivity (Wildman–Crippen MR) is 83.6 cm³/mol. The van der Waals surface area contributed by atoms with Crippen LogP contribution in [0, 0.1) is 5.41 Å². The van der Waals surface area contributed by atoms with Crippen molar-refractivity contribution in [3.63, 3.8) is 0 Å². The van der Waals surface area contributed by atoms with Crippen molar-refractivity contribution >= 4 is 0 Å². The monoisotopic (exact) mass is 288 g/mol. The number of aromatic amines is 1. The van der Waals surface area contributed by atoms with E-state index in [1.54, 1.807) is 0 Å². The molecule has 0 bridgehead atoms. The van der Waals surface area contributed by atoms with Gasteiger partial charge in [-0.2, -0.15) is 15.4 Å². The Labute approximate surface area is 125 Å². The zero-order chi connectivity index (χ0) is 15.3. The van der Waals surface area contributed by atoms with Gasteiger partial charge >= 0.3 is 0 Å². The third kappa shape index (κ3) is 4.95. The third-order valence-electron chi connectivity index (χ3n) is 3.19. The van der Waals surface area contributed by atoms with Crippen LogP contribution in [0.3, 0.4) is 0 Å². The van der Waals surface area contributed by atoms with E-state index in [0.717, 1.165) is 23.4 Å². The minimum Gasteiger partial charge on any atom is -0.392 e. The average Bonchev–Trinajstić information content (AvgIpc) is 2.86. The first-order valence-electron chi connectivity index (χ1n) is 7.29. The summed E-state index contributed by atoms with van der Waals surface area (Å²) in [7, 11) is 0. The summed E-state index contributed by atoms with van der Waals surface area (Å²) in [6, 6.07) is 9.96. The van der Waals surface area contributed by atoms with Crippen LogP contribution in [-0.2, 0) is 6.54 Å². The van der Waals surface area contributed by atoms with Crippen molar-refractivity contribution in [1.29, 1.82) is 0 Å². The van der Waals surface area contributed by atoms with Gasteiger partial charge in [0.25, 0.3) is 0 Å². The number of H-pyrrole nitrogens is 1. The number of hydrogen-bond donors (Lipinski definition) is 3. The van der Waals surface area contributed by atoms with Crippen molar-refractivity contribution < 1.29 is 5.11 Å². The smallest absolute Gasteiger partial charge is 0.117 e. The van der Waals surface area contributed by atoms with Crippen molar-refractivity contribution in [2.24, 2.45) is 5.41 Å². The van der Waals surface area contributed by atoms with E-state index < -0.39 is 0 Å². The van der Waals surface area contributed by atoms with Gasteiger partial charge in [0, 0.05) is 18.7 Å². The van der Waals surface area contributed by atoms with Gasteiger partial charge < -0.3 is 10.4 Å². The molecule has 0 saturated carbocycles. The summed E-state index contributed by atoms with van der Waals surface area (Å²) in [6.45, 7) is 7.52. The van der Waals surface area contributed by atoms with Crippen molar-refractivity contribution in [3.05, 3.63) is 36.0 Å². The molecule has 2 aromatic rings. The SMILES string of the molecule is CC(C)(C)CC(O)CNCc1n[nH]nc1-c1ccccc1. The Balaban J connectivity index is 1.89. The van der Waals surface area contributed by atoms with E-state index in [0.29, 0.717) is 13.1 Å². The first-order chi connectivity index (χ1) is 9.96. The molecular weight excluding hydrogens is 264 g/mol. The molecule has 0 aliphatic heterocycles. The number of hydrogen-bond acceptors (Lipinski definition) is 4. The van der Waals surface area contributed by atoms with Crippen LogP contribution in [0.15, 0.2) is 30.3 Å². The van der Waals surface area contributed by atoms with Crippen LogP contribution in [-0.4, -0.2) is 33.2 Å². The van der Waals surface area contributed by atoms with E-state index in [1.807, 2.05) is 30.3 Å². The van der Waals surface area contributed by atoms with Crippen molar-refractivity contribution in [2.45, 2.75) is 39.8 Å². The fourth-order valence-corrected chi connectivity index (χ4v) is 2.34. The van der Waals surface area contributed by atoms with Gasteiger partial charge in [-0.05, 0) is 11.8 Å². The summed E-state index contributed by atoms with van der Waals surface area (Å²) < 4.78 is 0. The van der Waals surface area contributed by atoms with Crippen LogP contribution in [0.25, 0.3) is 11.3 Å². The van der Waals surface area contributed by atoms with E-state index in [-0.39, 0.29) is 11.5 Å². The Morgan fingerprint density at radius 1 is 1.19 bits per heavy atom. The number of nitrogens with one attached hydrogen (secondary N) is 2. The maximum absolute atomic E-state index is 9.99. The zero-order valence-electron chi connectivity index (χ0n) is 12.9. The topological polar surface area (TPSA) is 73.8 Å². The van der Waals surface area contributed by atoms with E-state index >= 15 is 0 Å². The Hall–Kier alpha value is -1.72. The third-order valence-corrected chi connectivity index (χ3v) is 3.19. The summed E-state index contributed by atoms with van der Waals surface area (Å²) in [5, 5.41) is 24.3. The van der Waals surface area contributed by atoms with Gasteiger partial charge in [0.05, 0.1) is 6.10 Å². The Morgan fingerprint density at radius 3 is 2.57 bits per heavy atom. The molecule has 0 saturated heterocycles. The van der Waals surface area contributed by atoms with E-state index in [1.165, 1.54) is 0 Å². The maximum Gasteiger partial charge on any atom is 0.117 e. The van der Waals surface area contributed by atoms with Crippen LogP contribution in [0.4, 0.5) is 0 Å². The standard InChI is InChI=1S/C16H24N4O/c1-16(2,3)9-13(21)10-17-11-14-15(19-20-18-14)12-7-5-4-6-8-12/h4-8,13,17,21H,9-11H2,1-3H3,(H,18,19,20). The first-order valence-corrected chi connectivity index (χ1v) is 7.29. The normalized spacial score (nSPS) is 13.3. The molecule has 1 aromatic carbocycles. The summed E-state index contributed by atoms with van der Waals surface area (Å²) in [5.41, 5.74) is 2.89. The zero-order valence-corrected chi connectivity index (χ0v) is 12.9. The van der Waals surface area contributed by atoms with Gasteiger partial charge in [0.15, 0.2) is 0 Å². The largest absolute Gasteiger partial charge is 0.392 e. The summed E-state index contributed by atoms with van der Waals surface area (Å²) in [4.78, 5) is 0. The van der Waals surface area contributed by atoms with Crippen molar-refractivity contribution in [3.8, 4) is 11.3 Å². The number of aromatic nitrogens is 3. The highest BCUT2D eigenvalue weighted by molar-refractivity contribution is 5.60. The molecule has 1 heterocycles. The maximum atomic E-state index is 9.99. The highest BCUT2D eigenvalue weighted by Gasteiger charge is 2.17. The Morgan fingerprint density at radius 2 is 1.90 bits per heavy atom. The van der Waals surface area contributed by atoms with Gasteiger partial charge in [-0.3, -0.25) is 0 Å². The van der Waals surface area contributed by atoms with Crippen molar-refractivity contribution in [1.82, 2.24) is 20.7 Å². The molecule has 0 aliphatic carbocycles. The van der Waals surface area contributed by atoms with Crippen LogP contribution < -0.4 is 5.32 Å². The molecule has 114 valence electrons. The van der Waals surface area contributed by atoms with Crippen LogP contribution in [0.5, 0.6) is 0 Å². The summed E-state index contributed by atoms with van der Waals surface area (Å²) in [6.07, 6.45) is 0.418. The first kappa shape index (κ1) is 15.7. The van der Waals surface area contributed by atoms with Gasteiger partial charge in [-0.1, -0.05) is 51.1 Å². The molecule has 5 nitrogen and oxygen atoms in total. The predicted octanol–water partition coefficient (Wildman–Crippen LogP) is 2.36. The lowest BCUT2D eigenvalue weighted by Gasteiger charge is -2.22. The fraction of sp³-hybridized carbons (Fsp3) is 0.500. The minimum atomic E-state index is -0.350. The molecule has 21 heavy (non-hydrogen) atoms. The molecule has 1 unspecified atom stereocenters. The average molecular weight is 288 g/mol. The summed E-state index contributed by atoms with van der Waals surface area (Å²) in [5.74, 6) is 0. The molecule has 0 aliphatic rings. The van der Waals surface area contributed by atoms with Gasteiger partial charge in [0.2, 0.25) is 0 Å². The Bertz CT molecular complexity index is 545. The second kappa shape index (κ2) is 6.83. The van der Waals surface area contributed by atoms with E-state index in [4.69, 9.17) is 0 Å². The van der Waals surface area contributed by atoms with Crippen LogP contribution in [0.2, 0.25) is 0 Å². The number of aliphatic hydroxyl groups is 1. The number of aliphatic hydroxyl groups excluding tert-OH is 1.